The standard InChI is InChI=1S/C13H22N2O4/c1-12(19-2)5-4-8-15(9-12)11(18)14-13(10(16)17)6-3-7-13/h3-9H2,1-2H3,(H,14,18)(H,16,17). The number of methoxy groups -OCH3 is 1. The van der Waals surface area contributed by atoms with Gasteiger partial charge >= 0.3 is 12.0 Å². The van der Waals surface area contributed by atoms with Gasteiger partial charge in [0.15, 0.2) is 0 Å². The summed E-state index contributed by atoms with van der Waals surface area (Å²) in [6, 6.07) is -0.287. The second-order valence-corrected chi connectivity index (χ2v) is 5.85. The zero-order valence-electron chi connectivity index (χ0n) is 11.6. The number of rotatable bonds is 3. The largest absolute Gasteiger partial charge is 0.480 e. The molecule has 0 aromatic rings. The van der Waals surface area contributed by atoms with E-state index in [1.165, 1.54) is 0 Å². The summed E-state index contributed by atoms with van der Waals surface area (Å²) in [5, 5.41) is 11.9. The number of piperidine rings is 1. The number of carboxylic acids is 1. The number of aliphatic carboxylic acids is 1. The molecule has 0 spiro atoms. The fraction of sp³-hybridized carbons (Fsp3) is 0.846. The first kappa shape index (κ1) is 14.1. The van der Waals surface area contributed by atoms with Gasteiger partial charge in [0.1, 0.15) is 5.54 Å². The van der Waals surface area contributed by atoms with Gasteiger partial charge in [0, 0.05) is 13.7 Å². The van der Waals surface area contributed by atoms with Crippen LogP contribution in [0.15, 0.2) is 0 Å². The highest BCUT2D eigenvalue weighted by atomic mass is 16.5. The van der Waals surface area contributed by atoms with Crippen LogP contribution in [0.3, 0.4) is 0 Å². The zero-order chi connectivity index (χ0) is 14.1. The van der Waals surface area contributed by atoms with Crippen LogP contribution in [0, 0.1) is 0 Å². The van der Waals surface area contributed by atoms with Gasteiger partial charge in [-0.25, -0.2) is 9.59 Å². The SMILES string of the molecule is COC1(C)CCCN(C(=O)NC2(C(=O)O)CCC2)C1. The molecule has 0 radical (unpaired) electrons. The van der Waals surface area contributed by atoms with E-state index in [9.17, 15) is 14.7 Å². The summed E-state index contributed by atoms with van der Waals surface area (Å²) in [7, 11) is 1.64. The van der Waals surface area contributed by atoms with Crippen LogP contribution in [0.2, 0.25) is 0 Å². The molecule has 1 aliphatic carbocycles. The van der Waals surface area contributed by atoms with Crippen molar-refractivity contribution >= 4 is 12.0 Å². The predicted octanol–water partition coefficient (Wildman–Crippen LogP) is 1.20. The lowest BCUT2D eigenvalue weighted by Gasteiger charge is -2.43. The molecule has 2 rings (SSSR count). The molecular weight excluding hydrogens is 248 g/mol. The third-order valence-corrected chi connectivity index (χ3v) is 4.40. The molecule has 0 aromatic carbocycles. The average molecular weight is 270 g/mol. The number of carbonyl (C=O) groups excluding carboxylic acids is 1. The molecule has 6 heteroatoms. The monoisotopic (exact) mass is 270 g/mol. The topological polar surface area (TPSA) is 78.9 Å². The number of amides is 2. The Labute approximate surface area is 113 Å². The Hall–Kier alpha value is -1.30. The number of nitrogens with zero attached hydrogens (tertiary/aromatic N) is 1. The van der Waals surface area contributed by atoms with Crippen LogP contribution >= 0.6 is 0 Å². The van der Waals surface area contributed by atoms with Crippen molar-refractivity contribution in [3.05, 3.63) is 0 Å². The number of ether oxygens (including phenoxy) is 1. The molecule has 19 heavy (non-hydrogen) atoms. The summed E-state index contributed by atoms with van der Waals surface area (Å²) in [5.74, 6) is -0.932. The molecule has 0 aromatic heterocycles. The van der Waals surface area contributed by atoms with Crippen molar-refractivity contribution in [2.24, 2.45) is 0 Å². The van der Waals surface area contributed by atoms with Crippen molar-refractivity contribution in [2.45, 2.75) is 50.2 Å². The summed E-state index contributed by atoms with van der Waals surface area (Å²) in [6.07, 6.45) is 3.67. The van der Waals surface area contributed by atoms with Crippen LogP contribution in [0.25, 0.3) is 0 Å². The lowest BCUT2D eigenvalue weighted by Crippen LogP contribution is -2.63. The van der Waals surface area contributed by atoms with Gasteiger partial charge in [-0.1, -0.05) is 0 Å². The lowest BCUT2D eigenvalue weighted by molar-refractivity contribution is -0.148. The van der Waals surface area contributed by atoms with E-state index in [-0.39, 0.29) is 11.6 Å². The van der Waals surface area contributed by atoms with Crippen LogP contribution in [-0.4, -0.2) is 53.3 Å². The first-order chi connectivity index (χ1) is 8.91. The molecule has 1 aliphatic heterocycles. The smallest absolute Gasteiger partial charge is 0.329 e. The maximum Gasteiger partial charge on any atom is 0.329 e. The molecule has 1 saturated carbocycles. The number of hydrogen-bond donors (Lipinski definition) is 2. The van der Waals surface area contributed by atoms with Crippen molar-refractivity contribution < 1.29 is 19.4 Å². The second kappa shape index (κ2) is 5.00. The van der Waals surface area contributed by atoms with Crippen molar-refractivity contribution in [1.82, 2.24) is 10.2 Å². The van der Waals surface area contributed by atoms with Crippen molar-refractivity contribution in [3.63, 3.8) is 0 Å². The Balaban J connectivity index is 1.98. The summed E-state index contributed by atoms with van der Waals surface area (Å²) in [4.78, 5) is 25.1. The van der Waals surface area contributed by atoms with Crippen LogP contribution in [0.5, 0.6) is 0 Å². The first-order valence-electron chi connectivity index (χ1n) is 6.76. The molecule has 2 N–H and O–H groups in total. The molecule has 1 saturated heterocycles. The van der Waals surface area contributed by atoms with Crippen LogP contribution < -0.4 is 5.32 Å². The van der Waals surface area contributed by atoms with E-state index in [0.29, 0.717) is 25.9 Å². The quantitative estimate of drug-likeness (QED) is 0.807. The van der Waals surface area contributed by atoms with Crippen LogP contribution in [0.1, 0.15) is 39.0 Å². The maximum atomic E-state index is 12.2. The zero-order valence-corrected chi connectivity index (χ0v) is 11.6. The molecule has 6 nitrogen and oxygen atoms in total. The fourth-order valence-corrected chi connectivity index (χ4v) is 2.75. The number of carbonyl (C=O) groups is 2. The highest BCUT2D eigenvalue weighted by molar-refractivity contribution is 5.87. The molecule has 2 amide bonds. The van der Waals surface area contributed by atoms with Gasteiger partial charge in [-0.05, 0) is 39.0 Å². The van der Waals surface area contributed by atoms with Crippen molar-refractivity contribution in [2.75, 3.05) is 20.2 Å². The fourth-order valence-electron chi connectivity index (χ4n) is 2.75. The Kier molecular flexibility index (Phi) is 3.71. The van der Waals surface area contributed by atoms with Gasteiger partial charge in [0.05, 0.1) is 12.1 Å². The highest BCUT2D eigenvalue weighted by Crippen LogP contribution is 2.32. The summed E-state index contributed by atoms with van der Waals surface area (Å²) < 4.78 is 5.44. The van der Waals surface area contributed by atoms with Gasteiger partial charge in [-0.15, -0.1) is 0 Å². The van der Waals surface area contributed by atoms with Crippen molar-refractivity contribution in [1.29, 1.82) is 0 Å². The first-order valence-corrected chi connectivity index (χ1v) is 6.76. The minimum absolute atomic E-state index is 0.287. The molecule has 1 unspecified atom stereocenters. The minimum atomic E-state index is -1.04. The minimum Gasteiger partial charge on any atom is -0.480 e. The molecule has 2 aliphatic rings. The number of urea groups is 1. The normalized spacial score (nSPS) is 29.5. The van der Waals surface area contributed by atoms with E-state index in [1.54, 1.807) is 12.0 Å². The second-order valence-electron chi connectivity index (χ2n) is 5.85. The summed E-state index contributed by atoms with van der Waals surface area (Å²) >= 11 is 0. The van der Waals surface area contributed by atoms with E-state index in [4.69, 9.17) is 4.74 Å². The van der Waals surface area contributed by atoms with Gasteiger partial charge in [0.2, 0.25) is 0 Å². The average Bonchev–Trinajstić information content (AvgIpc) is 2.33. The third kappa shape index (κ3) is 2.68. The van der Waals surface area contributed by atoms with E-state index in [2.05, 4.69) is 5.32 Å². The predicted molar refractivity (Wildman–Crippen MR) is 69.0 cm³/mol. The van der Waals surface area contributed by atoms with Crippen molar-refractivity contribution in [3.8, 4) is 0 Å². The Morgan fingerprint density at radius 3 is 2.42 bits per heavy atom. The molecule has 108 valence electrons. The molecule has 1 atom stereocenters. The number of nitrogens with one attached hydrogen (secondary N) is 1. The number of likely N-dealkylation sites (tertiary alicyclic amines) is 1. The molecule has 2 fully saturated rings. The lowest BCUT2D eigenvalue weighted by atomic mass is 9.77. The van der Waals surface area contributed by atoms with Crippen LogP contribution in [0.4, 0.5) is 4.79 Å². The van der Waals surface area contributed by atoms with E-state index >= 15 is 0 Å². The van der Waals surface area contributed by atoms with E-state index in [0.717, 1.165) is 19.3 Å². The highest BCUT2D eigenvalue weighted by Gasteiger charge is 2.47. The maximum absolute atomic E-state index is 12.2. The number of carboxylic acid groups (broad SMARTS) is 1. The van der Waals surface area contributed by atoms with Gasteiger partial charge < -0.3 is 20.1 Å². The van der Waals surface area contributed by atoms with E-state index < -0.39 is 11.5 Å². The third-order valence-electron chi connectivity index (χ3n) is 4.40. The Morgan fingerprint density at radius 2 is 1.95 bits per heavy atom. The number of hydrogen-bond acceptors (Lipinski definition) is 3. The molecular formula is C13H22N2O4. The van der Waals surface area contributed by atoms with Gasteiger partial charge in [-0.3, -0.25) is 0 Å². The molecule has 0 bridgehead atoms. The summed E-state index contributed by atoms with van der Waals surface area (Å²) in [5.41, 5.74) is -1.37. The van der Waals surface area contributed by atoms with Gasteiger partial charge in [0.25, 0.3) is 0 Å². The van der Waals surface area contributed by atoms with Gasteiger partial charge in [-0.2, -0.15) is 0 Å². The molecule has 1 heterocycles. The Bertz CT molecular complexity index is 381. The van der Waals surface area contributed by atoms with E-state index in [1.807, 2.05) is 6.92 Å². The summed E-state index contributed by atoms with van der Waals surface area (Å²) in [6.45, 7) is 3.13. The van der Waals surface area contributed by atoms with Crippen LogP contribution in [-0.2, 0) is 9.53 Å². The Morgan fingerprint density at radius 1 is 1.26 bits per heavy atom.